The summed E-state index contributed by atoms with van der Waals surface area (Å²) in [5.74, 6) is 0. The SMILES string of the molecule is O=S(=O)([O-])[O-].O=[Si]([O-])[O-].[Ca+2]. The maximum atomic E-state index is 8.52. The van der Waals surface area contributed by atoms with E-state index in [0.717, 1.165) is 0 Å². The zero-order chi connectivity index (χ0) is 8.08. The van der Waals surface area contributed by atoms with Gasteiger partial charge < -0.3 is 23.2 Å². The third-order valence-electron chi connectivity index (χ3n) is 0. The Balaban J connectivity index is -0.0000000910. The molecule has 0 aliphatic rings. The summed E-state index contributed by atoms with van der Waals surface area (Å²) >= 11 is 0. The van der Waals surface area contributed by atoms with Crippen LogP contribution in [0.25, 0.3) is 0 Å². The van der Waals surface area contributed by atoms with Crippen LogP contribution in [0.2, 0.25) is 0 Å². The summed E-state index contributed by atoms with van der Waals surface area (Å²) in [6, 6.07) is 0. The summed E-state index contributed by atoms with van der Waals surface area (Å²) in [6.07, 6.45) is 0. The van der Waals surface area contributed by atoms with Gasteiger partial charge in [-0.2, -0.15) is 0 Å². The quantitative estimate of drug-likeness (QED) is 0.223. The minimum absolute atomic E-state index is 0. The summed E-state index contributed by atoms with van der Waals surface area (Å²) in [4.78, 5) is 17.0. The topological polar surface area (TPSA) is 143 Å². The molecule has 0 spiro atoms. The molecule has 0 N–H and O–H groups in total. The van der Waals surface area contributed by atoms with E-state index in [4.69, 9.17) is 31.6 Å². The van der Waals surface area contributed by atoms with Crippen molar-refractivity contribution in [1.82, 2.24) is 0 Å². The Bertz CT molecular complexity index is 156. The van der Waals surface area contributed by atoms with Gasteiger partial charge in [-0.25, -0.2) is 0 Å². The van der Waals surface area contributed by atoms with Gasteiger partial charge in [-0.3, -0.25) is 8.42 Å². The molecule has 0 heterocycles. The second kappa shape index (κ2) is 7.85. The monoisotopic (exact) mass is 212 g/mol. The Morgan fingerprint density at radius 3 is 1.10 bits per heavy atom. The van der Waals surface area contributed by atoms with E-state index < -0.39 is 19.6 Å². The van der Waals surface area contributed by atoms with Gasteiger partial charge in [0.15, 0.2) is 0 Å². The molecule has 0 rings (SSSR count). The zero-order valence-corrected chi connectivity index (χ0v) is 8.50. The molecule has 0 atom stereocenters. The van der Waals surface area contributed by atoms with Gasteiger partial charge in [-0.05, 0) is 0 Å². The Morgan fingerprint density at radius 2 is 1.10 bits per heavy atom. The van der Waals surface area contributed by atoms with Crippen LogP contribution < -0.4 is 9.59 Å². The van der Waals surface area contributed by atoms with Gasteiger partial charge >= 0.3 is 37.7 Å². The molecule has 0 saturated carbocycles. The number of hydrogen-bond acceptors (Lipinski definition) is 7. The molecule has 10 heavy (non-hydrogen) atoms. The van der Waals surface area contributed by atoms with Gasteiger partial charge in [0.25, 0.3) is 0 Å². The van der Waals surface area contributed by atoms with Crippen molar-refractivity contribution in [2.45, 2.75) is 0 Å². The average Bonchev–Trinajstić information content (AvgIpc) is 1.19. The van der Waals surface area contributed by atoms with E-state index in [-0.39, 0.29) is 37.7 Å². The molecule has 7 nitrogen and oxygen atoms in total. The fourth-order valence-electron chi connectivity index (χ4n) is 0. The van der Waals surface area contributed by atoms with E-state index in [0.29, 0.717) is 0 Å². The second-order valence-electron chi connectivity index (χ2n) is 0.658. The molecule has 0 aromatic heterocycles. The van der Waals surface area contributed by atoms with E-state index >= 15 is 0 Å². The van der Waals surface area contributed by atoms with Gasteiger partial charge in [0, 0.05) is 19.6 Å². The summed E-state index contributed by atoms with van der Waals surface area (Å²) < 4.78 is 42.6. The van der Waals surface area contributed by atoms with Crippen LogP contribution in [0.15, 0.2) is 0 Å². The molecule has 10 heteroatoms. The molecule has 0 aromatic rings. The third kappa shape index (κ3) is 942. The van der Waals surface area contributed by atoms with E-state index in [9.17, 15) is 0 Å². The van der Waals surface area contributed by atoms with Crippen LogP contribution in [-0.2, 0) is 14.9 Å². The van der Waals surface area contributed by atoms with Crippen molar-refractivity contribution in [2.75, 3.05) is 0 Å². The number of hydrogen-bond donors (Lipinski definition) is 0. The first-order valence-corrected chi connectivity index (χ1v) is 3.84. The first-order chi connectivity index (χ1) is 3.73. The van der Waals surface area contributed by atoms with Crippen molar-refractivity contribution in [3.8, 4) is 0 Å². The van der Waals surface area contributed by atoms with Crippen LogP contribution in [-0.4, -0.2) is 64.4 Å². The fourth-order valence-corrected chi connectivity index (χ4v) is 0. The van der Waals surface area contributed by atoms with Crippen LogP contribution in [0.4, 0.5) is 0 Å². The molecule has 0 aromatic carbocycles. The molecule has 0 bridgehead atoms. The average molecular weight is 212 g/mol. The minimum atomic E-state index is -5.17. The van der Waals surface area contributed by atoms with Crippen LogP contribution in [0.5, 0.6) is 0 Å². The largest absolute Gasteiger partial charge is 2.00 e. The fraction of sp³-hybridized carbons (Fsp3) is 0. The molecule has 0 amide bonds. The molecule has 0 aliphatic heterocycles. The second-order valence-corrected chi connectivity index (χ2v) is 1.97. The maximum Gasteiger partial charge on any atom is 2.00 e. The van der Waals surface area contributed by atoms with Crippen LogP contribution in [0, 0.1) is 0 Å². The van der Waals surface area contributed by atoms with Gasteiger partial charge in [-0.1, -0.05) is 0 Å². The minimum Gasteiger partial charge on any atom is -0.759 e. The molecule has 0 fully saturated rings. The van der Waals surface area contributed by atoms with Gasteiger partial charge in [0.05, 0.1) is 0 Å². The van der Waals surface area contributed by atoms with Gasteiger partial charge in [-0.15, -0.1) is 0 Å². The standard InChI is InChI=1S/Ca.H2O4S.O3Si/c;1-5(2,3)4;1-4(2)3/h;(H2,1,2,3,4);/q+2;;-2/p-2. The van der Waals surface area contributed by atoms with Crippen LogP contribution >= 0.6 is 0 Å². The molecular formula is CaO7SSi-2. The molecule has 0 aliphatic carbocycles. The Labute approximate surface area is 88.2 Å². The Morgan fingerprint density at radius 1 is 1.10 bits per heavy atom. The van der Waals surface area contributed by atoms with Crippen molar-refractivity contribution >= 4 is 57.3 Å². The van der Waals surface area contributed by atoms with E-state index in [2.05, 4.69) is 0 Å². The predicted octanol–water partition coefficient (Wildman–Crippen LogP) is -4.60. The van der Waals surface area contributed by atoms with Gasteiger partial charge in [0.1, 0.15) is 0 Å². The summed E-state index contributed by atoms with van der Waals surface area (Å²) in [5.41, 5.74) is 0. The maximum absolute atomic E-state index is 8.52. The summed E-state index contributed by atoms with van der Waals surface area (Å²) in [7, 11) is -8.80. The third-order valence-corrected chi connectivity index (χ3v) is 0. The summed E-state index contributed by atoms with van der Waals surface area (Å²) in [6.45, 7) is 0. The smallest absolute Gasteiger partial charge is 0.759 e. The predicted molar refractivity (Wildman–Crippen MR) is 22.7 cm³/mol. The van der Waals surface area contributed by atoms with Crippen molar-refractivity contribution in [1.29, 1.82) is 0 Å². The van der Waals surface area contributed by atoms with E-state index in [1.807, 2.05) is 0 Å². The number of rotatable bonds is 0. The normalized spacial score (nSPS) is 8.20. The van der Waals surface area contributed by atoms with Crippen LogP contribution in [0.1, 0.15) is 0 Å². The van der Waals surface area contributed by atoms with E-state index in [1.165, 1.54) is 0 Å². The summed E-state index contributed by atoms with van der Waals surface area (Å²) in [5, 5.41) is 0. The van der Waals surface area contributed by atoms with Crippen molar-refractivity contribution in [3.63, 3.8) is 0 Å². The molecule has 0 saturated heterocycles. The van der Waals surface area contributed by atoms with Crippen molar-refractivity contribution in [3.05, 3.63) is 0 Å². The van der Waals surface area contributed by atoms with Crippen molar-refractivity contribution in [2.24, 2.45) is 0 Å². The molecular weight excluding hydrogens is 212 g/mol. The molecule has 0 radical (unpaired) electrons. The Kier molecular flexibility index (Phi) is 13.4. The van der Waals surface area contributed by atoms with Gasteiger partial charge in [0.2, 0.25) is 0 Å². The zero-order valence-electron chi connectivity index (χ0n) is 4.47. The van der Waals surface area contributed by atoms with E-state index in [1.54, 1.807) is 0 Å². The Hall–Kier alpha value is 0.747. The molecule has 0 unspecified atom stereocenters. The van der Waals surface area contributed by atoms with Crippen molar-refractivity contribution < 1.29 is 31.6 Å². The van der Waals surface area contributed by atoms with Crippen LogP contribution in [0.3, 0.4) is 0 Å². The molecule has 56 valence electrons. The first kappa shape index (κ1) is 17.0. The first-order valence-electron chi connectivity index (χ1n) is 1.28.